The summed E-state index contributed by atoms with van der Waals surface area (Å²) < 4.78 is 2.50. The SMILES string of the molecule is O=CCc1cnn2cc(Br)cnc12. The van der Waals surface area contributed by atoms with Gasteiger partial charge in [-0.2, -0.15) is 5.10 Å². The van der Waals surface area contributed by atoms with E-state index in [0.29, 0.717) is 6.42 Å². The highest BCUT2D eigenvalue weighted by atomic mass is 79.9. The van der Waals surface area contributed by atoms with Gasteiger partial charge in [-0.3, -0.25) is 0 Å². The third kappa shape index (κ3) is 1.47. The van der Waals surface area contributed by atoms with E-state index in [4.69, 9.17) is 0 Å². The summed E-state index contributed by atoms with van der Waals surface area (Å²) in [7, 11) is 0. The van der Waals surface area contributed by atoms with Crippen LogP contribution in [0.4, 0.5) is 0 Å². The van der Waals surface area contributed by atoms with E-state index in [-0.39, 0.29) is 0 Å². The van der Waals surface area contributed by atoms with Crippen molar-refractivity contribution < 1.29 is 4.79 Å². The molecule has 2 heterocycles. The topological polar surface area (TPSA) is 47.3 Å². The van der Waals surface area contributed by atoms with Crippen LogP contribution in [-0.4, -0.2) is 20.9 Å². The van der Waals surface area contributed by atoms with Crippen LogP contribution in [-0.2, 0) is 11.2 Å². The number of carbonyl (C=O) groups is 1. The summed E-state index contributed by atoms with van der Waals surface area (Å²) in [5.74, 6) is 0. The van der Waals surface area contributed by atoms with Crippen LogP contribution in [0.15, 0.2) is 23.1 Å². The summed E-state index contributed by atoms with van der Waals surface area (Å²) in [6.07, 6.45) is 6.35. The van der Waals surface area contributed by atoms with E-state index in [1.165, 1.54) is 0 Å². The van der Waals surface area contributed by atoms with Gasteiger partial charge in [0.2, 0.25) is 0 Å². The Morgan fingerprint density at radius 1 is 1.54 bits per heavy atom. The third-order valence-corrected chi connectivity index (χ3v) is 2.11. The second-order valence-electron chi connectivity index (χ2n) is 2.58. The molecule has 0 atom stereocenters. The lowest BCUT2D eigenvalue weighted by Gasteiger charge is -1.93. The van der Waals surface area contributed by atoms with Gasteiger partial charge < -0.3 is 4.79 Å². The van der Waals surface area contributed by atoms with Crippen molar-refractivity contribution >= 4 is 27.9 Å². The number of aldehydes is 1. The minimum atomic E-state index is 0.359. The lowest BCUT2D eigenvalue weighted by molar-refractivity contribution is -0.107. The first-order chi connectivity index (χ1) is 6.31. The Balaban J connectivity index is 2.61. The second kappa shape index (κ2) is 3.26. The van der Waals surface area contributed by atoms with Gasteiger partial charge in [0.1, 0.15) is 6.29 Å². The van der Waals surface area contributed by atoms with Crippen molar-refractivity contribution in [3.8, 4) is 0 Å². The molecule has 0 fully saturated rings. The maximum absolute atomic E-state index is 10.3. The van der Waals surface area contributed by atoms with Gasteiger partial charge in [-0.15, -0.1) is 0 Å². The zero-order valence-electron chi connectivity index (χ0n) is 6.64. The van der Waals surface area contributed by atoms with Crippen LogP contribution in [0.1, 0.15) is 5.56 Å². The summed E-state index contributed by atoms with van der Waals surface area (Å²) in [6, 6.07) is 0. The van der Waals surface area contributed by atoms with Crippen molar-refractivity contribution in [2.45, 2.75) is 6.42 Å². The number of fused-ring (bicyclic) bond motifs is 1. The molecule has 0 aliphatic carbocycles. The van der Waals surface area contributed by atoms with Crippen LogP contribution in [0, 0.1) is 0 Å². The van der Waals surface area contributed by atoms with Crippen LogP contribution in [0.5, 0.6) is 0 Å². The molecule has 0 unspecified atom stereocenters. The fourth-order valence-electron chi connectivity index (χ4n) is 1.13. The molecule has 0 amide bonds. The monoisotopic (exact) mass is 239 g/mol. The molecule has 2 aromatic rings. The van der Waals surface area contributed by atoms with E-state index < -0.39 is 0 Å². The number of hydrogen-bond donors (Lipinski definition) is 0. The lowest BCUT2D eigenvalue weighted by Crippen LogP contribution is -1.91. The van der Waals surface area contributed by atoms with Gasteiger partial charge in [-0.05, 0) is 15.9 Å². The molecule has 0 radical (unpaired) electrons. The average Bonchev–Trinajstić information content (AvgIpc) is 2.49. The maximum Gasteiger partial charge on any atom is 0.158 e. The molecule has 2 aromatic heterocycles. The van der Waals surface area contributed by atoms with Crippen molar-refractivity contribution in [1.29, 1.82) is 0 Å². The average molecular weight is 240 g/mol. The molecule has 2 rings (SSSR count). The van der Waals surface area contributed by atoms with E-state index in [0.717, 1.165) is 22.0 Å². The minimum Gasteiger partial charge on any atom is -0.303 e. The van der Waals surface area contributed by atoms with E-state index >= 15 is 0 Å². The summed E-state index contributed by atoms with van der Waals surface area (Å²) in [5, 5.41) is 4.06. The highest BCUT2D eigenvalue weighted by Gasteiger charge is 2.03. The Morgan fingerprint density at radius 3 is 3.15 bits per heavy atom. The second-order valence-corrected chi connectivity index (χ2v) is 3.50. The molecule has 13 heavy (non-hydrogen) atoms. The molecule has 0 saturated heterocycles. The Bertz CT molecular complexity index is 452. The van der Waals surface area contributed by atoms with Crippen molar-refractivity contribution in [3.63, 3.8) is 0 Å². The first-order valence-corrected chi connectivity index (χ1v) is 4.52. The van der Waals surface area contributed by atoms with Crippen LogP contribution in [0.3, 0.4) is 0 Å². The van der Waals surface area contributed by atoms with Crippen molar-refractivity contribution in [3.05, 3.63) is 28.6 Å². The Hall–Kier alpha value is -1.23. The normalized spacial score (nSPS) is 10.5. The molecule has 0 saturated carbocycles. The fourth-order valence-corrected chi connectivity index (χ4v) is 1.43. The van der Waals surface area contributed by atoms with Crippen molar-refractivity contribution in [1.82, 2.24) is 14.6 Å². The maximum atomic E-state index is 10.3. The van der Waals surface area contributed by atoms with Gasteiger partial charge in [0.25, 0.3) is 0 Å². The van der Waals surface area contributed by atoms with Gasteiger partial charge in [0.15, 0.2) is 5.65 Å². The number of rotatable bonds is 2. The summed E-state index contributed by atoms with van der Waals surface area (Å²) in [4.78, 5) is 14.5. The van der Waals surface area contributed by atoms with Crippen LogP contribution < -0.4 is 0 Å². The number of halogens is 1. The Kier molecular flexibility index (Phi) is 2.10. The molecule has 5 heteroatoms. The highest BCUT2D eigenvalue weighted by Crippen LogP contribution is 2.11. The van der Waals surface area contributed by atoms with E-state index in [2.05, 4.69) is 26.0 Å². The molecule has 0 aromatic carbocycles. The Labute approximate surface area is 82.7 Å². The van der Waals surface area contributed by atoms with E-state index in [9.17, 15) is 4.79 Å². The fraction of sp³-hybridized carbons (Fsp3) is 0.125. The van der Waals surface area contributed by atoms with Crippen LogP contribution in [0.25, 0.3) is 5.65 Å². The minimum absolute atomic E-state index is 0.359. The molecule has 4 nitrogen and oxygen atoms in total. The lowest BCUT2D eigenvalue weighted by atomic mass is 10.3. The van der Waals surface area contributed by atoms with Gasteiger partial charge in [0.05, 0.1) is 10.7 Å². The van der Waals surface area contributed by atoms with E-state index in [1.807, 2.05) is 0 Å². The van der Waals surface area contributed by atoms with Gasteiger partial charge >= 0.3 is 0 Å². The Morgan fingerprint density at radius 2 is 2.38 bits per heavy atom. The molecule has 0 aliphatic heterocycles. The van der Waals surface area contributed by atoms with Crippen LogP contribution >= 0.6 is 15.9 Å². The third-order valence-electron chi connectivity index (χ3n) is 1.70. The molecular formula is C8H6BrN3O. The predicted octanol–water partition coefficient (Wildman–Crippen LogP) is 1.23. The van der Waals surface area contributed by atoms with Crippen LogP contribution in [0.2, 0.25) is 0 Å². The number of nitrogens with zero attached hydrogens (tertiary/aromatic N) is 3. The smallest absolute Gasteiger partial charge is 0.158 e. The molecule has 0 spiro atoms. The molecule has 0 bridgehead atoms. The summed E-state index contributed by atoms with van der Waals surface area (Å²) in [6.45, 7) is 0. The molecule has 66 valence electrons. The summed E-state index contributed by atoms with van der Waals surface area (Å²) >= 11 is 3.29. The van der Waals surface area contributed by atoms with Crippen molar-refractivity contribution in [2.24, 2.45) is 0 Å². The van der Waals surface area contributed by atoms with Gasteiger partial charge in [-0.1, -0.05) is 0 Å². The summed E-state index contributed by atoms with van der Waals surface area (Å²) in [5.41, 5.74) is 1.58. The first-order valence-electron chi connectivity index (χ1n) is 3.72. The molecule has 0 aliphatic rings. The van der Waals surface area contributed by atoms with Gasteiger partial charge in [0, 0.05) is 24.4 Å². The van der Waals surface area contributed by atoms with Gasteiger partial charge in [-0.25, -0.2) is 9.50 Å². The van der Waals surface area contributed by atoms with Crippen molar-refractivity contribution in [2.75, 3.05) is 0 Å². The molecule has 0 N–H and O–H groups in total. The number of hydrogen-bond acceptors (Lipinski definition) is 3. The van der Waals surface area contributed by atoms with E-state index in [1.54, 1.807) is 23.1 Å². The first kappa shape index (κ1) is 8.37. The number of carbonyl (C=O) groups excluding carboxylic acids is 1. The standard InChI is InChI=1S/C8H6BrN3O/c9-7-4-10-8-6(1-2-13)3-11-12(8)5-7/h2-5H,1H2. The zero-order chi connectivity index (χ0) is 9.26. The zero-order valence-corrected chi connectivity index (χ0v) is 8.23. The molecular weight excluding hydrogens is 234 g/mol. The highest BCUT2D eigenvalue weighted by molar-refractivity contribution is 9.10. The predicted molar refractivity (Wildman–Crippen MR) is 50.5 cm³/mol. The quantitative estimate of drug-likeness (QED) is 0.742. The largest absolute Gasteiger partial charge is 0.303 e. The number of aromatic nitrogens is 3.